The van der Waals surface area contributed by atoms with E-state index in [1.54, 1.807) is 6.20 Å². The molecule has 21 heavy (non-hydrogen) atoms. The van der Waals surface area contributed by atoms with Crippen molar-refractivity contribution >= 4 is 11.2 Å². The van der Waals surface area contributed by atoms with Crippen LogP contribution in [0.15, 0.2) is 49.1 Å². The van der Waals surface area contributed by atoms with Gasteiger partial charge in [0.2, 0.25) is 0 Å². The van der Waals surface area contributed by atoms with E-state index in [-0.39, 0.29) is 0 Å². The zero-order valence-corrected chi connectivity index (χ0v) is 11.7. The van der Waals surface area contributed by atoms with Crippen molar-refractivity contribution in [3.05, 3.63) is 49.1 Å². The zero-order chi connectivity index (χ0) is 14.1. The number of aromatic nitrogens is 3. The Balaban J connectivity index is 1.73. The van der Waals surface area contributed by atoms with Gasteiger partial charge >= 0.3 is 0 Å². The maximum absolute atomic E-state index is 4.51. The fourth-order valence-electron chi connectivity index (χ4n) is 2.82. The van der Waals surface area contributed by atoms with Crippen LogP contribution >= 0.6 is 0 Å². The number of pyridine rings is 2. The van der Waals surface area contributed by atoms with Gasteiger partial charge in [0.25, 0.3) is 0 Å². The van der Waals surface area contributed by atoms with Gasteiger partial charge in [0.1, 0.15) is 0 Å². The Bertz CT molecular complexity index is 744. The van der Waals surface area contributed by atoms with Crippen LogP contribution in [0.5, 0.6) is 0 Å². The fraction of sp³-hybridized carbons (Fsp3) is 0.250. The van der Waals surface area contributed by atoms with Crippen LogP contribution in [0.1, 0.15) is 0 Å². The SMILES string of the molecule is c1cncc(-c2ccc3c(N4CCNCC4)cnn3c2)c1. The maximum atomic E-state index is 4.51. The van der Waals surface area contributed by atoms with Crippen LogP contribution < -0.4 is 10.2 Å². The number of rotatable bonds is 2. The average molecular weight is 279 g/mol. The van der Waals surface area contributed by atoms with E-state index in [4.69, 9.17) is 0 Å². The molecule has 0 amide bonds. The number of nitrogens with one attached hydrogen (secondary N) is 1. The second kappa shape index (κ2) is 5.18. The third-order valence-corrected chi connectivity index (χ3v) is 3.95. The zero-order valence-electron chi connectivity index (χ0n) is 11.7. The van der Waals surface area contributed by atoms with E-state index in [9.17, 15) is 0 Å². The number of nitrogens with zero attached hydrogens (tertiary/aromatic N) is 4. The Hall–Kier alpha value is -2.40. The number of fused-ring (bicyclic) bond motifs is 1. The van der Waals surface area contributed by atoms with Crippen LogP contribution in [-0.4, -0.2) is 40.8 Å². The van der Waals surface area contributed by atoms with Crippen molar-refractivity contribution in [1.29, 1.82) is 0 Å². The van der Waals surface area contributed by atoms with Crippen molar-refractivity contribution < 1.29 is 0 Å². The van der Waals surface area contributed by atoms with Crippen LogP contribution in [0.2, 0.25) is 0 Å². The molecule has 0 atom stereocenters. The van der Waals surface area contributed by atoms with Gasteiger partial charge in [0, 0.05) is 55.9 Å². The summed E-state index contributed by atoms with van der Waals surface area (Å²) < 4.78 is 1.96. The second-order valence-electron chi connectivity index (χ2n) is 5.26. The molecule has 3 aromatic rings. The van der Waals surface area contributed by atoms with E-state index in [1.165, 1.54) is 5.69 Å². The predicted octanol–water partition coefficient (Wildman–Crippen LogP) is 1.81. The fourth-order valence-corrected chi connectivity index (χ4v) is 2.82. The Morgan fingerprint density at radius 3 is 2.71 bits per heavy atom. The van der Waals surface area contributed by atoms with Crippen molar-refractivity contribution in [3.63, 3.8) is 0 Å². The Morgan fingerprint density at radius 1 is 1.00 bits per heavy atom. The van der Waals surface area contributed by atoms with Gasteiger partial charge < -0.3 is 10.2 Å². The highest BCUT2D eigenvalue weighted by Gasteiger charge is 2.15. The molecule has 0 aliphatic carbocycles. The molecule has 4 heterocycles. The predicted molar refractivity (Wildman–Crippen MR) is 83.5 cm³/mol. The third kappa shape index (κ3) is 2.25. The molecular weight excluding hydrogens is 262 g/mol. The van der Waals surface area contributed by atoms with Crippen LogP contribution in [-0.2, 0) is 0 Å². The molecule has 3 aromatic heterocycles. The minimum absolute atomic E-state index is 1.03. The van der Waals surface area contributed by atoms with Crippen LogP contribution in [0.4, 0.5) is 5.69 Å². The first-order valence-electron chi connectivity index (χ1n) is 7.25. The smallest absolute Gasteiger partial charge is 0.0896 e. The van der Waals surface area contributed by atoms with Gasteiger partial charge in [-0.25, -0.2) is 4.52 Å². The Labute approximate surface area is 123 Å². The van der Waals surface area contributed by atoms with Crippen LogP contribution in [0.25, 0.3) is 16.6 Å². The first kappa shape index (κ1) is 12.3. The van der Waals surface area contributed by atoms with Gasteiger partial charge in [-0.15, -0.1) is 0 Å². The van der Waals surface area contributed by atoms with Gasteiger partial charge in [-0.3, -0.25) is 4.98 Å². The number of hydrogen-bond donors (Lipinski definition) is 1. The van der Waals surface area contributed by atoms with Gasteiger partial charge in [-0.1, -0.05) is 12.1 Å². The summed E-state index contributed by atoms with van der Waals surface area (Å²) in [6.07, 6.45) is 7.70. The van der Waals surface area contributed by atoms with Gasteiger partial charge in [0.05, 0.1) is 17.4 Å². The largest absolute Gasteiger partial charge is 0.366 e. The van der Waals surface area contributed by atoms with E-state index in [1.807, 2.05) is 23.0 Å². The summed E-state index contributed by atoms with van der Waals surface area (Å²) >= 11 is 0. The van der Waals surface area contributed by atoms with Gasteiger partial charge in [0.15, 0.2) is 0 Å². The van der Waals surface area contributed by atoms with Crippen LogP contribution in [0.3, 0.4) is 0 Å². The summed E-state index contributed by atoms with van der Waals surface area (Å²) in [5.41, 5.74) is 4.61. The van der Waals surface area contributed by atoms with E-state index in [2.05, 4.69) is 44.7 Å². The lowest BCUT2D eigenvalue weighted by Gasteiger charge is -2.28. The molecule has 0 aromatic carbocycles. The summed E-state index contributed by atoms with van der Waals surface area (Å²) in [6.45, 7) is 4.13. The highest BCUT2D eigenvalue weighted by atomic mass is 15.3. The highest BCUT2D eigenvalue weighted by molar-refractivity contribution is 5.75. The standard InChI is InChI=1S/C16H17N5/c1-2-13(10-18-5-1)14-3-4-15-16(11-19-21(15)12-14)20-8-6-17-7-9-20/h1-5,10-12,17H,6-9H2. The van der Waals surface area contributed by atoms with Crippen molar-refractivity contribution in [3.8, 4) is 11.1 Å². The first-order chi connectivity index (χ1) is 10.4. The molecule has 1 N–H and O–H groups in total. The number of hydrogen-bond acceptors (Lipinski definition) is 4. The molecule has 1 aliphatic rings. The van der Waals surface area contributed by atoms with Crippen molar-refractivity contribution in [2.75, 3.05) is 31.1 Å². The summed E-state index contributed by atoms with van der Waals surface area (Å²) in [5.74, 6) is 0. The van der Waals surface area contributed by atoms with Crippen molar-refractivity contribution in [2.45, 2.75) is 0 Å². The molecular formula is C16H17N5. The van der Waals surface area contributed by atoms with E-state index >= 15 is 0 Å². The number of piperazine rings is 1. The molecule has 0 spiro atoms. The molecule has 0 saturated carbocycles. The molecule has 0 unspecified atom stereocenters. The lowest BCUT2D eigenvalue weighted by molar-refractivity contribution is 0.590. The minimum Gasteiger partial charge on any atom is -0.366 e. The third-order valence-electron chi connectivity index (χ3n) is 3.95. The second-order valence-corrected chi connectivity index (χ2v) is 5.26. The average Bonchev–Trinajstić information content (AvgIpc) is 2.99. The summed E-state index contributed by atoms with van der Waals surface area (Å²) in [5, 5.41) is 7.89. The Kier molecular flexibility index (Phi) is 3.05. The van der Waals surface area contributed by atoms with Gasteiger partial charge in [-0.05, 0) is 12.1 Å². The van der Waals surface area contributed by atoms with Crippen molar-refractivity contribution in [2.24, 2.45) is 0 Å². The summed E-state index contributed by atoms with van der Waals surface area (Å²) in [7, 11) is 0. The molecule has 5 nitrogen and oxygen atoms in total. The lowest BCUT2D eigenvalue weighted by Crippen LogP contribution is -2.43. The maximum Gasteiger partial charge on any atom is 0.0896 e. The first-order valence-corrected chi connectivity index (χ1v) is 7.25. The molecule has 5 heteroatoms. The molecule has 0 radical (unpaired) electrons. The molecule has 4 rings (SSSR count). The van der Waals surface area contributed by atoms with E-state index in [0.717, 1.165) is 42.8 Å². The minimum atomic E-state index is 1.03. The van der Waals surface area contributed by atoms with Crippen LogP contribution in [0, 0.1) is 0 Å². The summed E-state index contributed by atoms with van der Waals surface area (Å²) in [6, 6.07) is 8.30. The lowest BCUT2D eigenvalue weighted by atomic mass is 10.1. The monoisotopic (exact) mass is 279 g/mol. The normalized spacial score (nSPS) is 15.5. The quantitative estimate of drug-likeness (QED) is 0.777. The molecule has 1 aliphatic heterocycles. The molecule has 1 saturated heterocycles. The Morgan fingerprint density at radius 2 is 1.90 bits per heavy atom. The topological polar surface area (TPSA) is 45.5 Å². The molecule has 0 bridgehead atoms. The van der Waals surface area contributed by atoms with E-state index < -0.39 is 0 Å². The highest BCUT2D eigenvalue weighted by Crippen LogP contribution is 2.25. The molecule has 106 valence electrons. The van der Waals surface area contributed by atoms with Gasteiger partial charge in [-0.2, -0.15) is 5.10 Å². The molecule has 1 fully saturated rings. The summed E-state index contributed by atoms with van der Waals surface area (Å²) in [4.78, 5) is 6.57. The van der Waals surface area contributed by atoms with E-state index in [0.29, 0.717) is 0 Å². The van der Waals surface area contributed by atoms with Crippen molar-refractivity contribution in [1.82, 2.24) is 19.9 Å². The number of anilines is 1.